The summed E-state index contributed by atoms with van der Waals surface area (Å²) in [7, 11) is 2.10. The van der Waals surface area contributed by atoms with E-state index in [0.29, 0.717) is 5.41 Å². The smallest absolute Gasteiger partial charge is 0.0223 e. The largest absolute Gasteiger partial charge is 0.318 e. The molecule has 2 heteroatoms. The molecule has 1 aliphatic carbocycles. The van der Waals surface area contributed by atoms with Crippen LogP contribution >= 0.6 is 0 Å². The van der Waals surface area contributed by atoms with Crippen LogP contribution in [0.4, 0.5) is 0 Å². The average Bonchev–Trinajstić information content (AvgIpc) is 2.52. The molecule has 0 amide bonds. The summed E-state index contributed by atoms with van der Waals surface area (Å²) >= 11 is 0. The summed E-state index contributed by atoms with van der Waals surface area (Å²) < 4.78 is 0. The summed E-state index contributed by atoms with van der Waals surface area (Å²) in [6.45, 7) is 7.44. The van der Waals surface area contributed by atoms with Crippen LogP contribution < -0.4 is 5.32 Å². The van der Waals surface area contributed by atoms with Crippen LogP contribution in [0.3, 0.4) is 0 Å². The zero-order valence-corrected chi connectivity index (χ0v) is 12.7. The number of hydrogen-bond acceptors (Lipinski definition) is 2. The van der Waals surface area contributed by atoms with E-state index in [4.69, 9.17) is 0 Å². The Labute approximate surface area is 114 Å². The lowest BCUT2D eigenvalue weighted by Gasteiger charge is -2.41. The van der Waals surface area contributed by atoms with E-state index in [1.807, 2.05) is 0 Å². The highest BCUT2D eigenvalue weighted by molar-refractivity contribution is 4.87. The van der Waals surface area contributed by atoms with Crippen LogP contribution in [0.2, 0.25) is 0 Å². The first-order valence-electron chi connectivity index (χ1n) is 8.03. The maximum Gasteiger partial charge on any atom is 0.0223 e. The topological polar surface area (TPSA) is 15.3 Å². The van der Waals surface area contributed by atoms with Gasteiger partial charge in [-0.05, 0) is 57.5 Å². The zero-order valence-electron chi connectivity index (χ0n) is 12.7. The van der Waals surface area contributed by atoms with Crippen molar-refractivity contribution < 1.29 is 0 Å². The molecule has 0 bridgehead atoms. The Balaban J connectivity index is 1.95. The molecule has 0 aromatic rings. The average molecular weight is 252 g/mol. The highest BCUT2D eigenvalue weighted by Gasteiger charge is 2.31. The van der Waals surface area contributed by atoms with E-state index >= 15 is 0 Å². The molecule has 18 heavy (non-hydrogen) atoms. The summed E-state index contributed by atoms with van der Waals surface area (Å²) in [5.74, 6) is 0. The predicted octanol–water partition coefficient (Wildman–Crippen LogP) is 3.42. The van der Waals surface area contributed by atoms with E-state index in [1.165, 1.54) is 64.5 Å². The van der Waals surface area contributed by atoms with Crippen molar-refractivity contribution >= 4 is 0 Å². The molecule has 106 valence electrons. The van der Waals surface area contributed by atoms with Gasteiger partial charge >= 0.3 is 0 Å². The first-order chi connectivity index (χ1) is 8.62. The van der Waals surface area contributed by atoms with E-state index < -0.39 is 0 Å². The van der Waals surface area contributed by atoms with Gasteiger partial charge in [-0.2, -0.15) is 0 Å². The molecule has 1 saturated heterocycles. The normalized spacial score (nSPS) is 34.2. The van der Waals surface area contributed by atoms with E-state index in [9.17, 15) is 0 Å². The fourth-order valence-corrected chi connectivity index (χ4v) is 3.93. The minimum absolute atomic E-state index is 0.586. The van der Waals surface area contributed by atoms with Crippen LogP contribution in [-0.4, -0.2) is 37.1 Å². The van der Waals surface area contributed by atoms with Crippen LogP contribution in [-0.2, 0) is 0 Å². The van der Waals surface area contributed by atoms with Crippen molar-refractivity contribution in [3.8, 4) is 0 Å². The van der Waals surface area contributed by atoms with E-state index in [1.54, 1.807) is 0 Å². The van der Waals surface area contributed by atoms with Crippen molar-refractivity contribution in [1.82, 2.24) is 10.2 Å². The first kappa shape index (κ1) is 14.3. The lowest BCUT2D eigenvalue weighted by Crippen LogP contribution is -2.50. The second-order valence-electron chi connectivity index (χ2n) is 7.19. The van der Waals surface area contributed by atoms with Gasteiger partial charge in [-0.3, -0.25) is 4.90 Å². The quantitative estimate of drug-likeness (QED) is 0.774. The standard InChI is InChI=1S/C16H32N2/c1-16(2)10-6-8-14(9-11-16)18-12-5-4-7-15(18)13-17-3/h14-15,17H,4-13H2,1-3H3. The molecule has 0 spiro atoms. The van der Waals surface area contributed by atoms with Gasteiger partial charge in [0.05, 0.1) is 0 Å². The Morgan fingerprint density at radius 2 is 1.89 bits per heavy atom. The lowest BCUT2D eigenvalue weighted by atomic mass is 9.85. The molecule has 1 heterocycles. The molecule has 2 aliphatic rings. The Morgan fingerprint density at radius 1 is 1.06 bits per heavy atom. The van der Waals surface area contributed by atoms with Crippen molar-refractivity contribution in [2.45, 2.75) is 77.3 Å². The van der Waals surface area contributed by atoms with Crippen molar-refractivity contribution in [2.24, 2.45) is 5.41 Å². The molecular weight excluding hydrogens is 220 g/mol. The van der Waals surface area contributed by atoms with Crippen molar-refractivity contribution in [3.63, 3.8) is 0 Å². The van der Waals surface area contributed by atoms with Gasteiger partial charge in [0.2, 0.25) is 0 Å². The SMILES string of the molecule is CNCC1CCCCN1C1CCCC(C)(C)CC1. The number of hydrogen-bond donors (Lipinski definition) is 1. The third-order valence-corrected chi connectivity index (χ3v) is 5.13. The monoisotopic (exact) mass is 252 g/mol. The first-order valence-corrected chi connectivity index (χ1v) is 8.03. The maximum atomic E-state index is 3.40. The Bertz CT molecular complexity index is 247. The lowest BCUT2D eigenvalue weighted by molar-refractivity contribution is 0.0839. The van der Waals surface area contributed by atoms with Crippen molar-refractivity contribution in [2.75, 3.05) is 20.1 Å². The van der Waals surface area contributed by atoms with Gasteiger partial charge in [-0.15, -0.1) is 0 Å². The van der Waals surface area contributed by atoms with E-state index in [0.717, 1.165) is 12.1 Å². The third kappa shape index (κ3) is 3.71. The molecule has 0 aromatic carbocycles. The van der Waals surface area contributed by atoms with Crippen LogP contribution in [0.15, 0.2) is 0 Å². The molecule has 2 rings (SSSR count). The predicted molar refractivity (Wildman–Crippen MR) is 78.9 cm³/mol. The molecule has 0 radical (unpaired) electrons. The minimum Gasteiger partial charge on any atom is -0.318 e. The van der Waals surface area contributed by atoms with Gasteiger partial charge in [-0.1, -0.05) is 26.7 Å². The third-order valence-electron chi connectivity index (χ3n) is 5.13. The van der Waals surface area contributed by atoms with Crippen LogP contribution in [0.5, 0.6) is 0 Å². The number of likely N-dealkylation sites (N-methyl/N-ethyl adjacent to an activating group) is 1. The summed E-state index contributed by atoms with van der Waals surface area (Å²) in [4.78, 5) is 2.85. The number of piperidine rings is 1. The minimum atomic E-state index is 0.586. The van der Waals surface area contributed by atoms with Gasteiger partial charge in [0, 0.05) is 18.6 Å². The van der Waals surface area contributed by atoms with Gasteiger partial charge in [0.1, 0.15) is 0 Å². The van der Waals surface area contributed by atoms with Crippen molar-refractivity contribution in [3.05, 3.63) is 0 Å². The van der Waals surface area contributed by atoms with Crippen LogP contribution in [0, 0.1) is 5.41 Å². The molecule has 1 N–H and O–H groups in total. The number of nitrogens with zero attached hydrogens (tertiary/aromatic N) is 1. The highest BCUT2D eigenvalue weighted by Crippen LogP contribution is 2.36. The second kappa shape index (κ2) is 6.38. The van der Waals surface area contributed by atoms with Crippen LogP contribution in [0.25, 0.3) is 0 Å². The molecule has 2 atom stereocenters. The Kier molecular flexibility index (Phi) is 5.08. The molecule has 1 saturated carbocycles. The van der Waals surface area contributed by atoms with Gasteiger partial charge in [0.15, 0.2) is 0 Å². The number of nitrogens with one attached hydrogen (secondary N) is 1. The van der Waals surface area contributed by atoms with E-state index in [2.05, 4.69) is 31.1 Å². The molecule has 2 unspecified atom stereocenters. The summed E-state index contributed by atoms with van der Waals surface area (Å²) in [5.41, 5.74) is 0.586. The zero-order chi connectivity index (χ0) is 13.0. The van der Waals surface area contributed by atoms with Crippen molar-refractivity contribution in [1.29, 1.82) is 0 Å². The van der Waals surface area contributed by atoms with Gasteiger partial charge in [0.25, 0.3) is 0 Å². The van der Waals surface area contributed by atoms with Gasteiger partial charge < -0.3 is 5.32 Å². The number of likely N-dealkylation sites (tertiary alicyclic amines) is 1. The molecule has 0 aromatic heterocycles. The number of rotatable bonds is 3. The fraction of sp³-hybridized carbons (Fsp3) is 1.00. The summed E-state index contributed by atoms with van der Waals surface area (Å²) in [6.07, 6.45) is 11.4. The van der Waals surface area contributed by atoms with Gasteiger partial charge in [-0.25, -0.2) is 0 Å². The Morgan fingerprint density at radius 3 is 2.67 bits per heavy atom. The molecule has 2 nitrogen and oxygen atoms in total. The molecule has 1 aliphatic heterocycles. The Hall–Kier alpha value is -0.0800. The molecular formula is C16H32N2. The summed E-state index contributed by atoms with van der Waals surface area (Å²) in [6, 6.07) is 1.67. The molecule has 2 fully saturated rings. The maximum absolute atomic E-state index is 3.40. The second-order valence-corrected chi connectivity index (χ2v) is 7.19. The highest BCUT2D eigenvalue weighted by atomic mass is 15.2. The summed E-state index contributed by atoms with van der Waals surface area (Å²) in [5, 5.41) is 3.40. The fourth-order valence-electron chi connectivity index (χ4n) is 3.93. The van der Waals surface area contributed by atoms with E-state index in [-0.39, 0.29) is 0 Å². The van der Waals surface area contributed by atoms with Crippen LogP contribution in [0.1, 0.15) is 65.2 Å².